The molecule has 1 fully saturated rings. The van der Waals surface area contributed by atoms with Gasteiger partial charge in [0.15, 0.2) is 9.84 Å². The van der Waals surface area contributed by atoms with Crippen LogP contribution in [0.1, 0.15) is 34.7 Å². The highest BCUT2D eigenvalue weighted by atomic mass is 32.2. The molecule has 0 bridgehead atoms. The van der Waals surface area contributed by atoms with E-state index in [0.717, 1.165) is 18.4 Å². The number of hydrogen-bond acceptors (Lipinski definition) is 8. The Morgan fingerprint density at radius 3 is 2.33 bits per heavy atom. The van der Waals surface area contributed by atoms with Gasteiger partial charge in [-0.25, -0.2) is 39.3 Å². The van der Waals surface area contributed by atoms with Crippen molar-refractivity contribution >= 4 is 35.8 Å². The van der Waals surface area contributed by atoms with Crippen molar-refractivity contribution in [3.05, 3.63) is 102 Å². The summed E-state index contributed by atoms with van der Waals surface area (Å²) in [7, 11) is -11.5. The number of carbonyl (C=O) groups is 1. The van der Waals surface area contributed by atoms with Crippen LogP contribution in [0.3, 0.4) is 0 Å². The van der Waals surface area contributed by atoms with E-state index in [4.69, 9.17) is 0 Å². The quantitative estimate of drug-likeness (QED) is 0.253. The van der Waals surface area contributed by atoms with Crippen LogP contribution in [0.4, 0.5) is 4.39 Å². The van der Waals surface area contributed by atoms with E-state index in [0.29, 0.717) is 22.4 Å². The molecule has 0 aliphatic carbocycles. The van der Waals surface area contributed by atoms with Crippen molar-refractivity contribution in [3.8, 4) is 11.3 Å². The topological polar surface area (TPSA) is 172 Å². The molecule has 1 aliphatic heterocycles. The maximum atomic E-state index is 13.8. The zero-order valence-corrected chi connectivity index (χ0v) is 24.4. The second-order valence-electron chi connectivity index (χ2n) is 9.82. The number of nitrogens with one attached hydrogen (secondary N) is 3. The lowest BCUT2D eigenvalue weighted by atomic mass is 10.0. The monoisotopic (exact) mass is 632 g/mol. The number of imidazole rings is 1. The number of benzene rings is 3. The number of rotatable bonds is 9. The average molecular weight is 633 g/mol. The third-order valence-electron chi connectivity index (χ3n) is 6.70. The Morgan fingerprint density at radius 2 is 1.69 bits per heavy atom. The Hall–Kier alpha value is -3.92. The lowest BCUT2D eigenvalue weighted by Crippen LogP contribution is -2.31. The fourth-order valence-corrected chi connectivity index (χ4v) is 7.92. The van der Waals surface area contributed by atoms with E-state index in [9.17, 15) is 34.4 Å². The number of aromatic nitrogens is 2. The van der Waals surface area contributed by atoms with Crippen molar-refractivity contribution in [2.45, 2.75) is 33.9 Å². The zero-order valence-electron chi connectivity index (χ0n) is 22.0. The normalized spacial score (nSPS) is 17.6. The maximum absolute atomic E-state index is 13.8. The molecule has 1 saturated heterocycles. The van der Waals surface area contributed by atoms with E-state index in [1.807, 2.05) is 4.72 Å². The molecule has 0 saturated carbocycles. The van der Waals surface area contributed by atoms with Gasteiger partial charge in [0.2, 0.25) is 26.0 Å². The van der Waals surface area contributed by atoms with Gasteiger partial charge in [-0.2, -0.15) is 0 Å². The van der Waals surface area contributed by atoms with Crippen molar-refractivity contribution in [1.29, 1.82) is 0 Å². The Bertz CT molecular complexity index is 1990. The number of sulfonamides is 2. The number of H-pyrrole nitrogens is 1. The molecule has 42 heavy (non-hydrogen) atoms. The summed E-state index contributed by atoms with van der Waals surface area (Å²) >= 11 is 0. The second-order valence-corrected chi connectivity index (χ2v) is 15.4. The van der Waals surface area contributed by atoms with E-state index in [1.165, 1.54) is 30.5 Å². The van der Waals surface area contributed by atoms with Crippen LogP contribution in [-0.2, 0) is 41.1 Å². The van der Waals surface area contributed by atoms with Gasteiger partial charge in [-0.15, -0.1) is 0 Å². The summed E-state index contributed by atoms with van der Waals surface area (Å²) in [5, 5.41) is -1.03. The predicted molar refractivity (Wildman–Crippen MR) is 151 cm³/mol. The van der Waals surface area contributed by atoms with Gasteiger partial charge in [0.1, 0.15) is 16.9 Å². The molecule has 3 N–H and O–H groups in total. The van der Waals surface area contributed by atoms with Crippen LogP contribution < -0.4 is 9.44 Å². The molecule has 2 heterocycles. The molecule has 2 atom stereocenters. The molecule has 2 unspecified atom stereocenters. The summed E-state index contributed by atoms with van der Waals surface area (Å²) in [5.74, 6) is -1.12. The Labute approximate surface area is 242 Å². The highest BCUT2D eigenvalue weighted by Crippen LogP contribution is 2.31. The first-order valence-electron chi connectivity index (χ1n) is 12.5. The van der Waals surface area contributed by atoms with E-state index < -0.39 is 52.9 Å². The van der Waals surface area contributed by atoms with Gasteiger partial charge in [0, 0.05) is 11.8 Å². The molecule has 1 aliphatic rings. The molecule has 220 valence electrons. The number of nitrogens with zero attached hydrogens (tertiary/aromatic N) is 1. The standard InChI is InChI=1S/C27H25FN4O7S3/c1-40(34,35)21-6-2-4-19(13-21)24-16-29-27(30-24)23(31-41(36,37)22-7-3-5-20(28)14-22)12-17-8-10-18(11-9-17)25-15-26(33)32-42(25,38)39/h2-11,13-14,16,23,25,31H,12,15H2,1H3,(H,29,30)(H,32,33). The van der Waals surface area contributed by atoms with E-state index in [-0.39, 0.29) is 28.5 Å². The van der Waals surface area contributed by atoms with Gasteiger partial charge in [0.25, 0.3) is 0 Å². The predicted octanol–water partition coefficient (Wildman–Crippen LogP) is 2.77. The maximum Gasteiger partial charge on any atom is 0.242 e. The van der Waals surface area contributed by atoms with Crippen LogP contribution >= 0.6 is 0 Å². The summed E-state index contributed by atoms with van der Waals surface area (Å²) in [4.78, 5) is 18.8. The first kappa shape index (κ1) is 29.6. The molecule has 15 heteroatoms. The van der Waals surface area contributed by atoms with Gasteiger partial charge >= 0.3 is 0 Å². The summed E-state index contributed by atoms with van der Waals surface area (Å²) in [6.45, 7) is 0. The number of carbonyl (C=O) groups excluding carboxylic acids is 1. The largest absolute Gasteiger partial charge is 0.341 e. The first-order valence-corrected chi connectivity index (χ1v) is 17.4. The fraction of sp³-hybridized carbons (Fsp3) is 0.185. The molecule has 3 aromatic carbocycles. The number of amides is 1. The van der Waals surface area contributed by atoms with Crippen molar-refractivity contribution in [1.82, 2.24) is 19.4 Å². The molecule has 4 aromatic rings. The van der Waals surface area contributed by atoms with Gasteiger partial charge in [-0.3, -0.25) is 9.52 Å². The minimum Gasteiger partial charge on any atom is -0.341 e. The average Bonchev–Trinajstić information content (AvgIpc) is 3.52. The minimum absolute atomic E-state index is 0.0553. The van der Waals surface area contributed by atoms with Crippen LogP contribution in [0.5, 0.6) is 0 Å². The van der Waals surface area contributed by atoms with Crippen molar-refractivity contribution < 1.29 is 34.4 Å². The zero-order chi connectivity index (χ0) is 30.3. The smallest absolute Gasteiger partial charge is 0.242 e. The molecule has 0 spiro atoms. The van der Waals surface area contributed by atoms with Crippen molar-refractivity contribution in [2.75, 3.05) is 6.26 Å². The van der Waals surface area contributed by atoms with Crippen LogP contribution in [0.15, 0.2) is 88.8 Å². The molecular weight excluding hydrogens is 608 g/mol. The summed E-state index contributed by atoms with van der Waals surface area (Å²) in [6, 6.07) is 16.1. The molecule has 1 aromatic heterocycles. The third kappa shape index (κ3) is 6.43. The Morgan fingerprint density at radius 1 is 1.00 bits per heavy atom. The van der Waals surface area contributed by atoms with E-state index in [1.54, 1.807) is 36.4 Å². The fourth-order valence-electron chi connectivity index (χ4n) is 4.59. The highest BCUT2D eigenvalue weighted by Gasteiger charge is 2.37. The highest BCUT2D eigenvalue weighted by molar-refractivity contribution is 7.91. The van der Waals surface area contributed by atoms with E-state index in [2.05, 4.69) is 14.7 Å². The van der Waals surface area contributed by atoms with Crippen LogP contribution in [-0.4, -0.2) is 47.4 Å². The Kier molecular flexibility index (Phi) is 7.78. The van der Waals surface area contributed by atoms with Gasteiger partial charge in [-0.05, 0) is 47.9 Å². The molecule has 0 radical (unpaired) electrons. The van der Waals surface area contributed by atoms with Crippen LogP contribution in [0.25, 0.3) is 11.3 Å². The SMILES string of the molecule is CS(=O)(=O)c1cccc(-c2cnc(C(Cc3ccc(C4CC(=O)NS4(=O)=O)cc3)NS(=O)(=O)c3cccc(F)c3)[nH]2)c1. The number of hydrogen-bond donors (Lipinski definition) is 3. The summed E-state index contributed by atoms with van der Waals surface area (Å²) in [5.41, 5.74) is 1.95. The van der Waals surface area contributed by atoms with Crippen molar-refractivity contribution in [3.63, 3.8) is 0 Å². The number of sulfone groups is 1. The first-order chi connectivity index (χ1) is 19.7. The second kappa shape index (κ2) is 11.1. The molecular formula is C27H25FN4O7S3. The van der Waals surface area contributed by atoms with Crippen molar-refractivity contribution in [2.24, 2.45) is 0 Å². The third-order valence-corrected chi connectivity index (χ3v) is 11.0. The van der Waals surface area contributed by atoms with Gasteiger partial charge in [0.05, 0.1) is 34.1 Å². The van der Waals surface area contributed by atoms with E-state index >= 15 is 0 Å². The Balaban J connectivity index is 1.48. The van der Waals surface area contributed by atoms with Gasteiger partial charge < -0.3 is 4.98 Å². The summed E-state index contributed by atoms with van der Waals surface area (Å²) < 4.78 is 93.4. The summed E-state index contributed by atoms with van der Waals surface area (Å²) in [6.07, 6.45) is 2.38. The molecule has 1 amide bonds. The minimum atomic E-state index is -4.23. The van der Waals surface area contributed by atoms with Gasteiger partial charge in [-0.1, -0.05) is 42.5 Å². The number of aromatic amines is 1. The molecule has 5 rings (SSSR count). The van der Waals surface area contributed by atoms with Crippen LogP contribution in [0, 0.1) is 5.82 Å². The lowest BCUT2D eigenvalue weighted by molar-refractivity contribution is -0.118. The lowest BCUT2D eigenvalue weighted by Gasteiger charge is -2.18. The molecule has 11 nitrogen and oxygen atoms in total. The van der Waals surface area contributed by atoms with Crippen LogP contribution in [0.2, 0.25) is 0 Å². The number of halogens is 1.